The van der Waals surface area contributed by atoms with Crippen LogP contribution in [0.1, 0.15) is 29.3 Å². The molecule has 33 heavy (non-hydrogen) atoms. The number of carbonyl (C=O) groups is 1. The molecule has 1 aromatic heterocycles. The van der Waals surface area contributed by atoms with Gasteiger partial charge >= 0.3 is 6.36 Å². The van der Waals surface area contributed by atoms with Crippen LogP contribution in [0.5, 0.6) is 5.75 Å². The topological polar surface area (TPSA) is 78.2 Å². The lowest BCUT2D eigenvalue weighted by Gasteiger charge is -2.30. The zero-order chi connectivity index (χ0) is 23.8. The quantitative estimate of drug-likeness (QED) is 0.564. The van der Waals surface area contributed by atoms with Gasteiger partial charge in [-0.1, -0.05) is 17.7 Å². The number of pyridine rings is 1. The van der Waals surface area contributed by atoms with Gasteiger partial charge in [0.25, 0.3) is 0 Å². The normalized spacial score (nSPS) is 13.4. The van der Waals surface area contributed by atoms with Crippen molar-refractivity contribution in [2.24, 2.45) is 0 Å². The first kappa shape index (κ1) is 22.7. The Bertz CT molecular complexity index is 1290. The van der Waals surface area contributed by atoms with Crippen molar-refractivity contribution in [2.45, 2.75) is 32.8 Å². The summed E-state index contributed by atoms with van der Waals surface area (Å²) in [5.41, 5.74) is 4.23. The highest BCUT2D eigenvalue weighted by molar-refractivity contribution is 6.32. The van der Waals surface area contributed by atoms with Crippen molar-refractivity contribution in [3.05, 3.63) is 63.8 Å². The number of benzene rings is 2. The number of halogens is 4. The predicted molar refractivity (Wildman–Crippen MR) is 117 cm³/mol. The number of hydrogen-bond donors (Lipinski definition) is 1. The molecule has 0 saturated heterocycles. The smallest absolute Gasteiger partial charge is 0.404 e. The lowest BCUT2D eigenvalue weighted by molar-refractivity contribution is -0.274. The molecule has 0 unspecified atom stereocenters. The van der Waals surface area contributed by atoms with E-state index in [9.17, 15) is 23.2 Å². The first-order valence-electron chi connectivity index (χ1n) is 10.0. The van der Waals surface area contributed by atoms with Crippen molar-refractivity contribution in [2.75, 3.05) is 11.9 Å². The fraction of sp³-hybridized carbons (Fsp3) is 0.261. The minimum atomic E-state index is -4.83. The van der Waals surface area contributed by atoms with Gasteiger partial charge in [0.05, 0.1) is 27.9 Å². The minimum Gasteiger partial charge on any atom is -0.404 e. The molecule has 1 aliphatic heterocycles. The molecule has 10 heteroatoms. The van der Waals surface area contributed by atoms with Gasteiger partial charge in [-0.2, -0.15) is 5.26 Å². The van der Waals surface area contributed by atoms with Crippen LogP contribution in [-0.4, -0.2) is 28.7 Å². The zero-order valence-electron chi connectivity index (χ0n) is 17.5. The van der Waals surface area contributed by atoms with Crippen LogP contribution in [0.25, 0.3) is 10.9 Å². The Morgan fingerprint density at radius 1 is 1.30 bits per heavy atom. The maximum atomic E-state index is 12.5. The fourth-order valence-corrected chi connectivity index (χ4v) is 4.08. The SMILES string of the molecule is CC(=O)N1CCc2nc3ccc(C#N)cc3c(NCc3ccc(OC(F)(F)F)c(Cl)c3)c2C1. The Balaban J connectivity index is 1.70. The molecule has 0 radical (unpaired) electrons. The number of nitrogens with zero attached hydrogens (tertiary/aromatic N) is 3. The Morgan fingerprint density at radius 2 is 2.09 bits per heavy atom. The molecule has 2 heterocycles. The number of nitrogens with one attached hydrogen (secondary N) is 1. The second-order valence-electron chi connectivity index (χ2n) is 7.61. The summed E-state index contributed by atoms with van der Waals surface area (Å²) in [6.45, 7) is 2.68. The zero-order valence-corrected chi connectivity index (χ0v) is 18.2. The summed E-state index contributed by atoms with van der Waals surface area (Å²) >= 11 is 5.98. The van der Waals surface area contributed by atoms with Gasteiger partial charge in [-0.3, -0.25) is 9.78 Å². The molecule has 3 aromatic rings. The molecule has 6 nitrogen and oxygen atoms in total. The average Bonchev–Trinajstić information content (AvgIpc) is 2.76. The number of anilines is 1. The van der Waals surface area contributed by atoms with Crippen molar-refractivity contribution in [3.63, 3.8) is 0 Å². The third-order valence-corrected chi connectivity index (χ3v) is 5.70. The van der Waals surface area contributed by atoms with Crippen LogP contribution in [0.3, 0.4) is 0 Å². The number of nitriles is 1. The molecule has 0 bridgehead atoms. The number of ether oxygens (including phenoxy) is 1. The molecule has 0 spiro atoms. The first-order valence-corrected chi connectivity index (χ1v) is 10.4. The highest BCUT2D eigenvalue weighted by atomic mass is 35.5. The third kappa shape index (κ3) is 4.96. The van der Waals surface area contributed by atoms with E-state index in [1.54, 1.807) is 23.1 Å². The van der Waals surface area contributed by atoms with E-state index < -0.39 is 12.1 Å². The van der Waals surface area contributed by atoms with E-state index in [0.29, 0.717) is 36.2 Å². The lowest BCUT2D eigenvalue weighted by atomic mass is 9.98. The molecule has 170 valence electrons. The van der Waals surface area contributed by atoms with Crippen LogP contribution < -0.4 is 10.1 Å². The standard InChI is InChI=1S/C23H18ClF3N4O2/c1-13(32)31-7-6-20-17(12-31)22(16-8-14(10-28)2-4-19(16)30-20)29-11-15-3-5-21(18(24)9-15)33-23(25,26)27/h2-5,8-9H,6-7,11-12H2,1H3,(H,29,30). The molecule has 2 aromatic carbocycles. The average molecular weight is 475 g/mol. The van der Waals surface area contributed by atoms with E-state index in [1.165, 1.54) is 19.1 Å². The summed E-state index contributed by atoms with van der Waals surface area (Å²) in [5.74, 6) is -0.528. The summed E-state index contributed by atoms with van der Waals surface area (Å²) in [6.07, 6.45) is -4.24. The molecule has 1 N–H and O–H groups in total. The Hall–Kier alpha value is -3.51. The van der Waals surface area contributed by atoms with Gasteiger partial charge < -0.3 is 15.0 Å². The lowest BCUT2D eigenvalue weighted by Crippen LogP contribution is -2.35. The van der Waals surface area contributed by atoms with Crippen molar-refractivity contribution >= 4 is 34.1 Å². The highest BCUT2D eigenvalue weighted by Crippen LogP contribution is 2.35. The van der Waals surface area contributed by atoms with E-state index in [0.717, 1.165) is 28.4 Å². The fourth-order valence-electron chi connectivity index (χ4n) is 3.83. The molecule has 1 amide bonds. The van der Waals surface area contributed by atoms with E-state index in [2.05, 4.69) is 16.1 Å². The molecule has 0 aliphatic carbocycles. The molecule has 1 aliphatic rings. The largest absolute Gasteiger partial charge is 0.573 e. The summed E-state index contributed by atoms with van der Waals surface area (Å²) in [7, 11) is 0. The Morgan fingerprint density at radius 3 is 2.76 bits per heavy atom. The molecule has 0 saturated carbocycles. The summed E-state index contributed by atoms with van der Waals surface area (Å²) in [4.78, 5) is 18.4. The Labute approximate surface area is 192 Å². The van der Waals surface area contributed by atoms with Gasteiger partial charge in [-0.15, -0.1) is 13.2 Å². The number of carbonyl (C=O) groups excluding carboxylic acids is 1. The van der Waals surface area contributed by atoms with Crippen molar-refractivity contribution in [3.8, 4) is 11.8 Å². The molecular formula is C23H18ClF3N4O2. The number of aromatic nitrogens is 1. The van der Waals surface area contributed by atoms with Gasteiger partial charge in [0.15, 0.2) is 0 Å². The van der Waals surface area contributed by atoms with Gasteiger partial charge in [0.1, 0.15) is 5.75 Å². The number of fused-ring (bicyclic) bond motifs is 2. The number of alkyl halides is 3. The molecule has 4 rings (SSSR count). The number of rotatable bonds is 4. The summed E-state index contributed by atoms with van der Waals surface area (Å²) in [5, 5.41) is 13.2. The number of hydrogen-bond acceptors (Lipinski definition) is 5. The predicted octanol–water partition coefficient (Wildman–Crippen LogP) is 5.18. The van der Waals surface area contributed by atoms with Gasteiger partial charge in [-0.05, 0) is 35.9 Å². The summed E-state index contributed by atoms with van der Waals surface area (Å²) in [6, 6.07) is 11.4. The summed E-state index contributed by atoms with van der Waals surface area (Å²) < 4.78 is 41.4. The first-order chi connectivity index (χ1) is 15.6. The monoisotopic (exact) mass is 474 g/mol. The maximum Gasteiger partial charge on any atom is 0.573 e. The maximum absolute atomic E-state index is 12.5. The third-order valence-electron chi connectivity index (χ3n) is 5.40. The Kier molecular flexibility index (Phi) is 6.04. The van der Waals surface area contributed by atoms with E-state index in [-0.39, 0.29) is 17.5 Å². The van der Waals surface area contributed by atoms with Crippen LogP contribution in [0.15, 0.2) is 36.4 Å². The molecule has 0 fully saturated rings. The minimum absolute atomic E-state index is 0.0514. The van der Waals surface area contributed by atoms with Crippen LogP contribution >= 0.6 is 11.6 Å². The van der Waals surface area contributed by atoms with Gasteiger partial charge in [0.2, 0.25) is 5.91 Å². The second-order valence-corrected chi connectivity index (χ2v) is 8.02. The van der Waals surface area contributed by atoms with Crippen molar-refractivity contribution in [1.29, 1.82) is 5.26 Å². The van der Waals surface area contributed by atoms with Crippen molar-refractivity contribution < 1.29 is 22.7 Å². The highest BCUT2D eigenvalue weighted by Gasteiger charge is 2.32. The van der Waals surface area contributed by atoms with Crippen LogP contribution in [0.2, 0.25) is 5.02 Å². The van der Waals surface area contributed by atoms with E-state index >= 15 is 0 Å². The molecular weight excluding hydrogens is 457 g/mol. The van der Waals surface area contributed by atoms with E-state index in [4.69, 9.17) is 16.6 Å². The van der Waals surface area contributed by atoms with Crippen LogP contribution in [0.4, 0.5) is 18.9 Å². The second kappa shape index (κ2) is 8.79. The molecule has 0 atom stereocenters. The van der Waals surface area contributed by atoms with Gasteiger partial charge in [0, 0.05) is 49.6 Å². The van der Waals surface area contributed by atoms with Gasteiger partial charge in [-0.25, -0.2) is 0 Å². The van der Waals surface area contributed by atoms with Crippen molar-refractivity contribution in [1.82, 2.24) is 9.88 Å². The van der Waals surface area contributed by atoms with E-state index in [1.807, 2.05) is 0 Å². The van der Waals surface area contributed by atoms with Crippen LogP contribution in [-0.2, 0) is 24.3 Å². The van der Waals surface area contributed by atoms with Crippen LogP contribution in [0, 0.1) is 11.3 Å². The number of amides is 1.